The van der Waals surface area contributed by atoms with Crippen molar-refractivity contribution in [2.45, 2.75) is 16.1 Å². The lowest BCUT2D eigenvalue weighted by Crippen LogP contribution is -2.18. The SMILES string of the molecule is N#C[C@]1(CO)[C@H](c2ccc(F)cc2)[C@H]1S(=O)(=O)c1ccc(Cl)cc1. The number of aliphatic hydroxyl groups excluding tert-OH is 1. The molecule has 1 N–H and O–H groups in total. The van der Waals surface area contributed by atoms with Gasteiger partial charge in [-0.1, -0.05) is 23.7 Å². The minimum atomic E-state index is -3.86. The molecule has 24 heavy (non-hydrogen) atoms. The van der Waals surface area contributed by atoms with Crippen LogP contribution in [0.25, 0.3) is 0 Å². The van der Waals surface area contributed by atoms with Gasteiger partial charge in [0.05, 0.1) is 22.8 Å². The van der Waals surface area contributed by atoms with Crippen LogP contribution in [0.4, 0.5) is 4.39 Å². The van der Waals surface area contributed by atoms with Crippen LogP contribution in [0.5, 0.6) is 0 Å². The molecule has 1 saturated carbocycles. The normalized spacial score (nSPS) is 25.9. The Balaban J connectivity index is 2.06. The zero-order chi connectivity index (χ0) is 17.5. The summed E-state index contributed by atoms with van der Waals surface area (Å²) in [6.45, 7) is -0.594. The summed E-state index contributed by atoms with van der Waals surface area (Å²) in [5.74, 6) is -1.17. The van der Waals surface area contributed by atoms with Crippen LogP contribution in [0.1, 0.15) is 11.5 Å². The van der Waals surface area contributed by atoms with E-state index in [1.807, 2.05) is 6.07 Å². The molecule has 0 aromatic heterocycles. The Morgan fingerprint density at radius 3 is 2.25 bits per heavy atom. The largest absolute Gasteiger partial charge is 0.395 e. The molecule has 0 aliphatic heterocycles. The molecule has 1 aliphatic carbocycles. The summed E-state index contributed by atoms with van der Waals surface area (Å²) in [7, 11) is -3.86. The zero-order valence-electron chi connectivity index (χ0n) is 12.4. The summed E-state index contributed by atoms with van der Waals surface area (Å²) in [4.78, 5) is 0.0367. The predicted octanol–water partition coefficient (Wildman–Crippen LogP) is 2.92. The van der Waals surface area contributed by atoms with Gasteiger partial charge in [-0.05, 0) is 42.0 Å². The molecule has 4 nitrogen and oxygen atoms in total. The number of aliphatic hydroxyl groups is 1. The average molecular weight is 366 g/mol. The molecule has 0 bridgehead atoms. The molecular formula is C17H13ClFNO3S. The standard InChI is InChI=1S/C17H13ClFNO3S/c18-12-3-7-14(8-4-12)24(22,23)16-15(17(16,9-20)10-21)11-1-5-13(19)6-2-11/h1-8,15-16,21H,10H2/t15-,16-,17+/m1/s1. The molecule has 7 heteroatoms. The van der Waals surface area contributed by atoms with Crippen molar-refractivity contribution in [2.24, 2.45) is 5.41 Å². The fourth-order valence-corrected chi connectivity index (χ4v) is 5.57. The Morgan fingerprint density at radius 2 is 1.75 bits per heavy atom. The number of benzene rings is 2. The van der Waals surface area contributed by atoms with Crippen molar-refractivity contribution in [1.82, 2.24) is 0 Å². The van der Waals surface area contributed by atoms with Crippen LogP contribution in [-0.4, -0.2) is 25.4 Å². The molecule has 2 aromatic carbocycles. The zero-order valence-corrected chi connectivity index (χ0v) is 13.9. The Bertz CT molecular complexity index is 906. The van der Waals surface area contributed by atoms with Gasteiger partial charge in [0.15, 0.2) is 9.84 Å². The summed E-state index contributed by atoms with van der Waals surface area (Å²) in [5.41, 5.74) is -0.925. The first-order valence-corrected chi connectivity index (χ1v) is 9.06. The second-order valence-corrected chi connectivity index (χ2v) is 8.26. The average Bonchev–Trinajstić information content (AvgIpc) is 3.26. The summed E-state index contributed by atoms with van der Waals surface area (Å²) in [5, 5.41) is 18.5. The van der Waals surface area contributed by atoms with Crippen LogP contribution in [-0.2, 0) is 9.84 Å². The van der Waals surface area contributed by atoms with Crippen LogP contribution < -0.4 is 0 Å². The smallest absolute Gasteiger partial charge is 0.183 e. The van der Waals surface area contributed by atoms with Crippen LogP contribution in [0, 0.1) is 22.6 Å². The quantitative estimate of drug-likeness (QED) is 0.903. The van der Waals surface area contributed by atoms with Crippen LogP contribution in [0.15, 0.2) is 53.4 Å². The maximum Gasteiger partial charge on any atom is 0.183 e. The summed E-state index contributed by atoms with van der Waals surface area (Å²) in [6.07, 6.45) is 0. The molecule has 0 heterocycles. The van der Waals surface area contributed by atoms with Crippen molar-refractivity contribution in [3.63, 3.8) is 0 Å². The molecule has 0 radical (unpaired) electrons. The molecule has 0 amide bonds. The van der Waals surface area contributed by atoms with Crippen molar-refractivity contribution in [3.05, 3.63) is 64.9 Å². The molecule has 0 spiro atoms. The first kappa shape index (κ1) is 16.9. The fraction of sp³-hybridized carbons (Fsp3) is 0.235. The van der Waals surface area contributed by atoms with Crippen molar-refractivity contribution >= 4 is 21.4 Å². The van der Waals surface area contributed by atoms with Crippen molar-refractivity contribution in [3.8, 4) is 6.07 Å². The van der Waals surface area contributed by atoms with E-state index in [0.29, 0.717) is 10.6 Å². The van der Waals surface area contributed by atoms with Gasteiger partial charge in [-0.25, -0.2) is 12.8 Å². The van der Waals surface area contributed by atoms with E-state index in [-0.39, 0.29) is 4.90 Å². The van der Waals surface area contributed by atoms with E-state index in [1.54, 1.807) is 0 Å². The highest BCUT2D eigenvalue weighted by molar-refractivity contribution is 7.92. The highest BCUT2D eigenvalue weighted by Gasteiger charge is 2.72. The van der Waals surface area contributed by atoms with E-state index in [0.717, 1.165) is 0 Å². The van der Waals surface area contributed by atoms with E-state index < -0.39 is 38.8 Å². The molecule has 1 fully saturated rings. The number of sulfone groups is 1. The van der Waals surface area contributed by atoms with Crippen LogP contribution in [0.3, 0.4) is 0 Å². The van der Waals surface area contributed by atoms with Crippen molar-refractivity contribution in [1.29, 1.82) is 5.26 Å². The minimum Gasteiger partial charge on any atom is -0.395 e. The maximum absolute atomic E-state index is 13.1. The van der Waals surface area contributed by atoms with Gasteiger partial charge in [-0.15, -0.1) is 0 Å². The first-order chi connectivity index (χ1) is 11.4. The highest BCUT2D eigenvalue weighted by Crippen LogP contribution is 2.63. The van der Waals surface area contributed by atoms with Gasteiger partial charge >= 0.3 is 0 Å². The van der Waals surface area contributed by atoms with Gasteiger partial charge in [0.2, 0.25) is 0 Å². The predicted molar refractivity (Wildman–Crippen MR) is 86.7 cm³/mol. The number of rotatable bonds is 4. The van der Waals surface area contributed by atoms with Crippen LogP contribution in [0.2, 0.25) is 5.02 Å². The lowest BCUT2D eigenvalue weighted by Gasteiger charge is -2.06. The first-order valence-electron chi connectivity index (χ1n) is 7.14. The van der Waals surface area contributed by atoms with E-state index in [1.165, 1.54) is 48.5 Å². The third-order valence-corrected chi connectivity index (χ3v) is 6.97. The summed E-state index contributed by atoms with van der Waals surface area (Å²) >= 11 is 5.78. The highest BCUT2D eigenvalue weighted by atomic mass is 35.5. The van der Waals surface area contributed by atoms with Crippen LogP contribution >= 0.6 is 11.6 Å². The molecule has 0 unspecified atom stereocenters. The molecule has 3 rings (SSSR count). The summed E-state index contributed by atoms with van der Waals surface area (Å²) < 4.78 is 38.9. The lowest BCUT2D eigenvalue weighted by molar-refractivity contribution is 0.242. The van der Waals surface area contributed by atoms with Crippen molar-refractivity contribution < 1.29 is 17.9 Å². The number of nitriles is 1. The fourth-order valence-electron chi connectivity index (χ4n) is 3.13. The molecule has 124 valence electrons. The number of nitrogens with zero attached hydrogens (tertiary/aromatic N) is 1. The monoisotopic (exact) mass is 365 g/mol. The number of hydrogen-bond acceptors (Lipinski definition) is 4. The molecule has 3 atom stereocenters. The molecule has 0 saturated heterocycles. The van der Waals surface area contributed by atoms with E-state index >= 15 is 0 Å². The lowest BCUT2D eigenvalue weighted by atomic mass is 10.0. The van der Waals surface area contributed by atoms with Gasteiger partial charge in [-0.2, -0.15) is 5.26 Å². The van der Waals surface area contributed by atoms with Gasteiger partial charge in [0, 0.05) is 10.9 Å². The van der Waals surface area contributed by atoms with E-state index in [9.17, 15) is 23.2 Å². The Morgan fingerprint density at radius 1 is 1.17 bits per heavy atom. The minimum absolute atomic E-state index is 0.0367. The number of hydrogen-bond donors (Lipinski definition) is 1. The third kappa shape index (κ3) is 2.49. The van der Waals surface area contributed by atoms with Gasteiger partial charge in [-0.3, -0.25) is 0 Å². The second-order valence-electron chi connectivity index (χ2n) is 5.76. The van der Waals surface area contributed by atoms with Gasteiger partial charge in [0.1, 0.15) is 11.2 Å². The molecule has 2 aromatic rings. The Hall–Kier alpha value is -1.94. The Kier molecular flexibility index (Phi) is 4.12. The van der Waals surface area contributed by atoms with E-state index in [4.69, 9.17) is 11.6 Å². The third-order valence-electron chi connectivity index (χ3n) is 4.43. The second kappa shape index (κ2) is 5.85. The van der Waals surface area contributed by atoms with E-state index in [2.05, 4.69) is 0 Å². The number of halogens is 2. The Labute approximate surface area is 144 Å². The summed E-state index contributed by atoms with van der Waals surface area (Å²) in [6, 6.07) is 12.9. The topological polar surface area (TPSA) is 78.2 Å². The molecular weight excluding hydrogens is 353 g/mol. The maximum atomic E-state index is 13.1. The van der Waals surface area contributed by atoms with Crippen molar-refractivity contribution in [2.75, 3.05) is 6.61 Å². The molecule has 1 aliphatic rings. The van der Waals surface area contributed by atoms with Gasteiger partial charge in [0.25, 0.3) is 0 Å². The van der Waals surface area contributed by atoms with Gasteiger partial charge < -0.3 is 5.11 Å².